The predicted molar refractivity (Wildman–Crippen MR) is 42.0 cm³/mol. The van der Waals surface area contributed by atoms with Crippen molar-refractivity contribution in [2.45, 2.75) is 0 Å². The van der Waals surface area contributed by atoms with Gasteiger partial charge in [-0.15, -0.1) is 12.7 Å². The van der Waals surface area contributed by atoms with Gasteiger partial charge in [0.1, 0.15) is 0 Å². The first kappa shape index (κ1) is 7.53. The summed E-state index contributed by atoms with van der Waals surface area (Å²) in [6.45, 7) is 0. The van der Waals surface area contributed by atoms with Crippen LogP contribution in [0.2, 0.25) is 0 Å². The quantitative estimate of drug-likeness (QED) is 0.480. The molecule has 0 radical (unpaired) electrons. The highest BCUT2D eigenvalue weighted by atomic mass is 16.6. The Labute approximate surface area is 64.0 Å². The Morgan fingerprint density at radius 2 is 2.27 bits per heavy atom. The highest BCUT2D eigenvalue weighted by molar-refractivity contribution is 5.53. The summed E-state index contributed by atoms with van der Waals surface area (Å²) >= 11 is 0. The molecule has 0 spiro atoms. The number of non-ortho nitro benzene ring substituents is 1. The molecule has 0 saturated carbocycles. The van der Waals surface area contributed by atoms with Gasteiger partial charge in [0.05, 0.1) is 4.92 Å². The van der Waals surface area contributed by atoms with E-state index >= 15 is 0 Å². The average molecular weight is 151 g/mol. The molecule has 0 aliphatic heterocycles. The summed E-state index contributed by atoms with van der Waals surface area (Å²) in [7, 11) is 1.60. The minimum atomic E-state index is -0.436. The van der Waals surface area contributed by atoms with Crippen LogP contribution in [-0.2, 0) is 0 Å². The molecule has 0 saturated heterocycles. The van der Waals surface area contributed by atoms with Gasteiger partial charge < -0.3 is 5.32 Å². The Morgan fingerprint density at radius 3 is 2.82 bits per heavy atom. The zero-order chi connectivity index (χ0) is 8.27. The Kier molecular flexibility index (Phi) is 2.06. The Balaban J connectivity index is 3.01. The Morgan fingerprint density at radius 1 is 1.55 bits per heavy atom. The van der Waals surface area contributed by atoms with Gasteiger partial charge in [0.2, 0.25) is 0 Å². The summed E-state index contributed by atoms with van der Waals surface area (Å²) in [6, 6.07) is 6.20. The van der Waals surface area contributed by atoms with Gasteiger partial charge in [0.15, 0.2) is 0 Å². The van der Waals surface area contributed by atoms with E-state index in [1.807, 2.05) is 0 Å². The second-order valence-corrected chi connectivity index (χ2v) is 2.00. The molecule has 1 aromatic rings. The molecule has 0 aliphatic carbocycles. The van der Waals surface area contributed by atoms with Crippen molar-refractivity contribution in [2.75, 3.05) is 7.05 Å². The van der Waals surface area contributed by atoms with Crippen LogP contribution in [0, 0.1) is 10.1 Å². The van der Waals surface area contributed by atoms with E-state index in [2.05, 4.69) is 5.32 Å². The first-order chi connectivity index (χ1) is 5.24. The van der Waals surface area contributed by atoms with Crippen LogP contribution in [0.25, 0.3) is 5.32 Å². The third-order valence-electron chi connectivity index (χ3n) is 1.30. The number of hydrogen-bond acceptors (Lipinski definition) is 2. The summed E-state index contributed by atoms with van der Waals surface area (Å²) in [5.74, 6) is 0. The fraction of sp³-hybridized carbons (Fsp3) is 0.143. The first-order valence-corrected chi connectivity index (χ1v) is 3.08. The number of nitro groups is 1. The molecule has 0 fully saturated rings. The van der Waals surface area contributed by atoms with E-state index < -0.39 is 4.92 Å². The van der Waals surface area contributed by atoms with Crippen molar-refractivity contribution in [2.24, 2.45) is 0 Å². The lowest BCUT2D eigenvalue weighted by Gasteiger charge is -2.11. The predicted octanol–water partition coefficient (Wildman–Crippen LogP) is 2.23. The second kappa shape index (κ2) is 3.01. The monoisotopic (exact) mass is 151 g/mol. The van der Waals surface area contributed by atoms with Gasteiger partial charge in [-0.25, -0.2) is 0 Å². The largest absolute Gasteiger partial charge is 0.687 e. The van der Waals surface area contributed by atoms with E-state index in [1.54, 1.807) is 19.2 Å². The molecule has 0 bridgehead atoms. The highest BCUT2D eigenvalue weighted by Crippen LogP contribution is 2.21. The normalized spacial score (nSPS) is 9.18. The lowest BCUT2D eigenvalue weighted by molar-refractivity contribution is -0.384. The smallest absolute Gasteiger partial charge is 0.268 e. The highest BCUT2D eigenvalue weighted by Gasteiger charge is 2.00. The van der Waals surface area contributed by atoms with Crippen molar-refractivity contribution in [1.29, 1.82) is 0 Å². The summed E-state index contributed by atoms with van der Waals surface area (Å²) in [5.41, 5.74) is 0.701. The molecule has 0 heterocycles. The fourth-order valence-electron chi connectivity index (χ4n) is 0.746. The van der Waals surface area contributed by atoms with Gasteiger partial charge >= 0.3 is 0 Å². The van der Waals surface area contributed by atoms with Crippen LogP contribution in [0.1, 0.15) is 0 Å². The van der Waals surface area contributed by atoms with Crippen LogP contribution in [-0.4, -0.2) is 12.0 Å². The topological polar surface area (TPSA) is 57.2 Å². The molecule has 0 aromatic heterocycles. The molecule has 1 aromatic carbocycles. The second-order valence-electron chi connectivity index (χ2n) is 2.00. The standard InChI is InChI=1S/C7H7N2O2/c1-8-6-3-2-4-7(5-6)9(10)11/h2-5H,1H3/q-1. The van der Waals surface area contributed by atoms with E-state index in [1.165, 1.54) is 12.1 Å². The number of nitro benzene ring substituents is 1. The van der Waals surface area contributed by atoms with Gasteiger partial charge in [-0.05, 0) is 0 Å². The number of rotatable bonds is 2. The number of hydrogen-bond donors (Lipinski definition) is 0. The van der Waals surface area contributed by atoms with Gasteiger partial charge in [-0.3, -0.25) is 10.1 Å². The molecule has 0 unspecified atom stereocenters. The van der Waals surface area contributed by atoms with Gasteiger partial charge in [-0.2, -0.15) is 0 Å². The van der Waals surface area contributed by atoms with Crippen LogP contribution < -0.4 is 0 Å². The molecule has 11 heavy (non-hydrogen) atoms. The summed E-state index contributed by atoms with van der Waals surface area (Å²) in [5, 5.41) is 14.0. The Hall–Kier alpha value is -1.58. The zero-order valence-corrected chi connectivity index (χ0v) is 6.02. The van der Waals surface area contributed by atoms with Crippen molar-refractivity contribution >= 4 is 11.4 Å². The molecule has 1 rings (SSSR count). The van der Waals surface area contributed by atoms with Crippen LogP contribution in [0.3, 0.4) is 0 Å². The van der Waals surface area contributed by atoms with Crippen LogP contribution in [0.5, 0.6) is 0 Å². The fourth-order valence-corrected chi connectivity index (χ4v) is 0.746. The van der Waals surface area contributed by atoms with E-state index in [9.17, 15) is 10.1 Å². The van der Waals surface area contributed by atoms with Gasteiger partial charge in [0, 0.05) is 12.1 Å². The van der Waals surface area contributed by atoms with Gasteiger partial charge in [-0.1, -0.05) is 12.1 Å². The summed E-state index contributed by atoms with van der Waals surface area (Å²) < 4.78 is 0. The van der Waals surface area contributed by atoms with Crippen molar-refractivity contribution in [1.82, 2.24) is 0 Å². The number of nitrogens with zero attached hydrogens (tertiary/aromatic N) is 2. The maximum absolute atomic E-state index is 10.2. The van der Waals surface area contributed by atoms with Crippen molar-refractivity contribution in [3.05, 3.63) is 39.7 Å². The van der Waals surface area contributed by atoms with Crippen molar-refractivity contribution in [3.63, 3.8) is 0 Å². The van der Waals surface area contributed by atoms with E-state index in [-0.39, 0.29) is 5.69 Å². The lowest BCUT2D eigenvalue weighted by Crippen LogP contribution is -1.85. The Bertz CT molecular complexity index is 273. The van der Waals surface area contributed by atoms with E-state index in [4.69, 9.17) is 0 Å². The molecule has 4 heteroatoms. The van der Waals surface area contributed by atoms with E-state index in [0.717, 1.165) is 0 Å². The van der Waals surface area contributed by atoms with Crippen LogP contribution >= 0.6 is 0 Å². The van der Waals surface area contributed by atoms with Crippen LogP contribution in [0.4, 0.5) is 11.4 Å². The van der Waals surface area contributed by atoms with Gasteiger partial charge in [0.25, 0.3) is 5.69 Å². The molecule has 0 aliphatic rings. The first-order valence-electron chi connectivity index (χ1n) is 3.08. The molecule has 0 atom stereocenters. The van der Waals surface area contributed by atoms with Crippen molar-refractivity contribution < 1.29 is 4.92 Å². The minimum absolute atomic E-state index is 0.0769. The van der Waals surface area contributed by atoms with Crippen LogP contribution in [0.15, 0.2) is 24.3 Å². The average Bonchev–Trinajstić information content (AvgIpc) is 2.05. The maximum atomic E-state index is 10.2. The summed E-state index contributed by atoms with van der Waals surface area (Å²) in [4.78, 5) is 9.80. The number of benzene rings is 1. The molecule has 58 valence electrons. The lowest BCUT2D eigenvalue weighted by atomic mass is 10.3. The molecular formula is C7H7N2O2-. The van der Waals surface area contributed by atoms with Crippen molar-refractivity contribution in [3.8, 4) is 0 Å². The molecule has 0 amide bonds. The molecule has 0 N–H and O–H groups in total. The third kappa shape index (κ3) is 1.67. The third-order valence-corrected chi connectivity index (χ3v) is 1.30. The van der Waals surface area contributed by atoms with E-state index in [0.29, 0.717) is 5.69 Å². The zero-order valence-electron chi connectivity index (χ0n) is 6.02. The minimum Gasteiger partial charge on any atom is -0.687 e. The molecule has 4 nitrogen and oxygen atoms in total. The maximum Gasteiger partial charge on any atom is 0.268 e. The summed E-state index contributed by atoms with van der Waals surface area (Å²) in [6.07, 6.45) is 0. The molecular weight excluding hydrogens is 144 g/mol. The SMILES string of the molecule is C[N-]c1cccc([N+](=O)[O-])c1.